The van der Waals surface area contributed by atoms with E-state index in [4.69, 9.17) is 9.47 Å². The zero-order valence-corrected chi connectivity index (χ0v) is 29.9. The number of rotatable bonds is 7. The number of nitrogens with one attached hydrogen (secondary N) is 4. The molecule has 2 bridgehead atoms. The smallest absolute Gasteiger partial charge is 0.254 e. The zero-order chi connectivity index (χ0) is 36.9. The van der Waals surface area contributed by atoms with Crippen LogP contribution in [-0.4, -0.2) is 84.9 Å². The molecule has 3 heterocycles. The molecule has 3 aromatic rings. The summed E-state index contributed by atoms with van der Waals surface area (Å²) in [5, 5.41) is 11.3. The van der Waals surface area contributed by atoms with Crippen molar-refractivity contribution in [1.82, 2.24) is 31.2 Å². The van der Waals surface area contributed by atoms with E-state index in [0.717, 1.165) is 11.1 Å². The molecule has 1 aromatic heterocycles. The summed E-state index contributed by atoms with van der Waals surface area (Å²) >= 11 is 0. The Morgan fingerprint density at radius 2 is 1.63 bits per heavy atom. The van der Waals surface area contributed by atoms with E-state index >= 15 is 0 Å². The van der Waals surface area contributed by atoms with Crippen molar-refractivity contribution in [1.29, 1.82) is 0 Å². The Kier molecular flexibility index (Phi) is 13.9. The van der Waals surface area contributed by atoms with Crippen molar-refractivity contribution in [2.75, 3.05) is 27.3 Å². The first-order valence-electron chi connectivity index (χ1n) is 17.2. The van der Waals surface area contributed by atoms with E-state index in [1.807, 2.05) is 13.8 Å². The summed E-state index contributed by atoms with van der Waals surface area (Å²) < 4.78 is 10.5. The third-order valence-electron chi connectivity index (χ3n) is 8.99. The van der Waals surface area contributed by atoms with Crippen molar-refractivity contribution >= 4 is 29.5 Å². The first-order valence-corrected chi connectivity index (χ1v) is 17.2. The first-order chi connectivity index (χ1) is 24.5. The van der Waals surface area contributed by atoms with Gasteiger partial charge in [-0.15, -0.1) is 0 Å². The first kappa shape index (κ1) is 38.3. The van der Waals surface area contributed by atoms with Gasteiger partial charge in [0.15, 0.2) is 0 Å². The van der Waals surface area contributed by atoms with Crippen molar-refractivity contribution in [3.63, 3.8) is 0 Å². The van der Waals surface area contributed by atoms with Gasteiger partial charge in [-0.2, -0.15) is 0 Å². The molecule has 5 amide bonds. The van der Waals surface area contributed by atoms with Crippen LogP contribution in [0.2, 0.25) is 0 Å². The number of ether oxygens (including phenoxy) is 2. The van der Waals surface area contributed by atoms with E-state index < -0.39 is 35.8 Å². The molecule has 0 fully saturated rings. The molecule has 0 aliphatic carbocycles. The molecule has 2 aliphatic heterocycles. The third-order valence-corrected chi connectivity index (χ3v) is 8.99. The molecule has 5 rings (SSSR count). The fraction of sp³-hybridized carbons (Fsp3) is 0.421. The molecule has 51 heavy (non-hydrogen) atoms. The summed E-state index contributed by atoms with van der Waals surface area (Å²) in [6, 6.07) is 14.3. The molecule has 272 valence electrons. The number of methoxy groups -OCH3 is 2. The monoisotopic (exact) mass is 700 g/mol. The minimum absolute atomic E-state index is 0.139. The number of carbonyl (C=O) groups excluding carboxylic acids is 5. The molecule has 4 N–H and O–H groups in total. The van der Waals surface area contributed by atoms with Crippen LogP contribution in [0, 0.1) is 5.92 Å². The van der Waals surface area contributed by atoms with Gasteiger partial charge in [-0.05, 0) is 67.1 Å². The number of benzene rings is 2. The van der Waals surface area contributed by atoms with Gasteiger partial charge < -0.3 is 35.6 Å². The fourth-order valence-corrected chi connectivity index (χ4v) is 5.64. The van der Waals surface area contributed by atoms with Crippen molar-refractivity contribution < 1.29 is 33.4 Å². The van der Waals surface area contributed by atoms with Crippen molar-refractivity contribution in [3.05, 3.63) is 89.1 Å². The summed E-state index contributed by atoms with van der Waals surface area (Å²) in [5.74, 6) is -1.42. The number of nitrogens with zero attached hydrogens (tertiary/aromatic N) is 2. The molecule has 2 aliphatic rings. The van der Waals surface area contributed by atoms with E-state index in [9.17, 15) is 24.0 Å². The zero-order valence-electron chi connectivity index (χ0n) is 29.9. The van der Waals surface area contributed by atoms with Gasteiger partial charge in [0.05, 0.1) is 14.2 Å². The third kappa shape index (κ3) is 10.8. The van der Waals surface area contributed by atoms with Crippen molar-refractivity contribution in [3.8, 4) is 11.6 Å². The summed E-state index contributed by atoms with van der Waals surface area (Å²) in [7, 11) is 3.04. The van der Waals surface area contributed by atoms with Gasteiger partial charge in [-0.3, -0.25) is 24.0 Å². The average molecular weight is 701 g/mol. The number of carbonyl (C=O) groups is 5. The number of hydrogen-bond acceptors (Lipinski definition) is 8. The molecule has 0 saturated carbocycles. The molecular formula is C38H48N6O7. The largest absolute Gasteiger partial charge is 0.497 e. The molecule has 1 unspecified atom stereocenters. The highest BCUT2D eigenvalue weighted by Gasteiger charge is 2.31. The maximum atomic E-state index is 13.8. The van der Waals surface area contributed by atoms with Gasteiger partial charge in [0.2, 0.25) is 23.6 Å². The van der Waals surface area contributed by atoms with Gasteiger partial charge in [0, 0.05) is 49.4 Å². The molecule has 13 nitrogen and oxygen atoms in total. The lowest BCUT2D eigenvalue weighted by molar-refractivity contribution is -0.132. The lowest BCUT2D eigenvalue weighted by Gasteiger charge is -2.27. The van der Waals surface area contributed by atoms with Gasteiger partial charge >= 0.3 is 0 Å². The topological polar surface area (TPSA) is 168 Å². The number of amides is 5. The van der Waals surface area contributed by atoms with Crippen LogP contribution in [0.5, 0.6) is 11.6 Å². The second kappa shape index (κ2) is 18.5. The summed E-state index contributed by atoms with van der Waals surface area (Å²) in [6.45, 7) is 6.33. The quantitative estimate of drug-likeness (QED) is 0.273. The molecule has 4 atom stereocenters. The van der Waals surface area contributed by atoms with Gasteiger partial charge in [-0.25, -0.2) is 4.98 Å². The predicted molar refractivity (Wildman–Crippen MR) is 191 cm³/mol. The van der Waals surface area contributed by atoms with Crippen molar-refractivity contribution in [2.45, 2.75) is 71.1 Å². The molecule has 0 saturated heterocycles. The van der Waals surface area contributed by atoms with Crippen LogP contribution in [0.4, 0.5) is 0 Å². The number of aromatic nitrogens is 1. The van der Waals surface area contributed by atoms with Crippen molar-refractivity contribution in [2.24, 2.45) is 5.92 Å². The van der Waals surface area contributed by atoms with Crippen LogP contribution in [0.25, 0.3) is 0 Å². The second-order valence-corrected chi connectivity index (χ2v) is 12.7. The lowest BCUT2D eigenvalue weighted by atomic mass is 9.96. The van der Waals surface area contributed by atoms with Crippen LogP contribution in [0.15, 0.2) is 66.9 Å². The maximum absolute atomic E-state index is 13.8. The molecule has 0 spiro atoms. The van der Waals surface area contributed by atoms with Gasteiger partial charge in [0.1, 0.15) is 23.9 Å². The van der Waals surface area contributed by atoms with Crippen LogP contribution < -0.4 is 30.7 Å². The minimum atomic E-state index is -1.04. The van der Waals surface area contributed by atoms with E-state index in [2.05, 4.69) is 26.3 Å². The lowest BCUT2D eigenvalue weighted by Crippen LogP contribution is -2.58. The minimum Gasteiger partial charge on any atom is -0.497 e. The van der Waals surface area contributed by atoms with Gasteiger partial charge in [-0.1, -0.05) is 44.5 Å². The average Bonchev–Trinajstić information content (AvgIpc) is 3.15. The Bertz CT molecular complexity index is 1660. The number of pyridine rings is 1. The predicted octanol–water partition coefficient (Wildman–Crippen LogP) is 3.03. The molecule has 13 heteroatoms. The second-order valence-electron chi connectivity index (χ2n) is 12.7. The number of fused-ring (bicyclic) bond motifs is 18. The Labute approximate surface area is 298 Å². The molecular weight excluding hydrogens is 652 g/mol. The maximum Gasteiger partial charge on any atom is 0.254 e. The Morgan fingerprint density at radius 3 is 2.29 bits per heavy atom. The van der Waals surface area contributed by atoms with Crippen LogP contribution in [0.3, 0.4) is 0 Å². The SMILES string of the molecule is CC[C@H](C)C1NC(=O)c2ccc(cc2)CN(C(=O)c2ccnc(OC)c2)CCCCNC(=O)[C@@H](C)NC(=O)[C@H](Cc2ccc(OC)cc2)NC1=O. The van der Waals surface area contributed by atoms with Crippen LogP contribution in [-0.2, 0) is 27.3 Å². The normalized spacial score (nSPS) is 20.2. The Hall–Kier alpha value is -5.46. The molecule has 0 radical (unpaired) electrons. The van der Waals surface area contributed by atoms with E-state index in [-0.39, 0.29) is 30.7 Å². The van der Waals surface area contributed by atoms with Crippen LogP contribution in [0.1, 0.15) is 71.9 Å². The van der Waals surface area contributed by atoms with Crippen LogP contribution >= 0.6 is 0 Å². The Balaban J connectivity index is 1.61. The molecule has 2 aromatic carbocycles. The summed E-state index contributed by atoms with van der Waals surface area (Å²) in [4.78, 5) is 73.4. The summed E-state index contributed by atoms with van der Waals surface area (Å²) in [5.41, 5.74) is 2.32. The fourth-order valence-electron chi connectivity index (χ4n) is 5.64. The number of hydrogen-bond donors (Lipinski definition) is 4. The van der Waals surface area contributed by atoms with E-state index in [1.54, 1.807) is 79.6 Å². The van der Waals surface area contributed by atoms with E-state index in [1.165, 1.54) is 13.3 Å². The standard InChI is InChI=1S/C38H48N6O7/c1-6-24(2)33-37(48)42-31(21-26-11-15-30(50-4)16-12-26)36(47)41-25(3)34(45)40-18-7-8-20-44(38(49)29-17-19-39-32(22-29)51-5)23-27-9-13-28(14-10-27)35(46)43-33/h9-17,19,22,24-25,31,33H,6-8,18,20-21,23H2,1-5H3,(H,40,45)(H,41,47)(H,42,48)(H,43,46)/t24-,25+,31-,33?/m0/s1. The van der Waals surface area contributed by atoms with E-state index in [0.29, 0.717) is 55.1 Å². The Morgan fingerprint density at radius 1 is 0.902 bits per heavy atom. The highest BCUT2D eigenvalue weighted by molar-refractivity contribution is 5.99. The summed E-state index contributed by atoms with van der Waals surface area (Å²) in [6.07, 6.45) is 3.39. The van der Waals surface area contributed by atoms with Gasteiger partial charge in [0.25, 0.3) is 11.8 Å². The highest BCUT2D eigenvalue weighted by atomic mass is 16.5. The highest BCUT2D eigenvalue weighted by Crippen LogP contribution is 2.17.